The molecule has 0 amide bonds. The molecule has 146 valence electrons. The Morgan fingerprint density at radius 1 is 1.11 bits per heavy atom. The highest BCUT2D eigenvalue weighted by molar-refractivity contribution is 6.30. The summed E-state index contributed by atoms with van der Waals surface area (Å²) in [6, 6.07) is 16.1. The van der Waals surface area contributed by atoms with Gasteiger partial charge in [0.1, 0.15) is 5.82 Å². The van der Waals surface area contributed by atoms with Gasteiger partial charge in [-0.1, -0.05) is 42.8 Å². The zero-order valence-electron chi connectivity index (χ0n) is 16.3. The summed E-state index contributed by atoms with van der Waals surface area (Å²) >= 11 is 6.08. The van der Waals surface area contributed by atoms with Crippen molar-refractivity contribution in [3.05, 3.63) is 70.5 Å². The predicted octanol–water partition coefficient (Wildman–Crippen LogP) is 5.46. The van der Waals surface area contributed by atoms with Gasteiger partial charge >= 0.3 is 0 Å². The number of nitrogens with one attached hydrogen (secondary N) is 1. The van der Waals surface area contributed by atoms with Gasteiger partial charge in [-0.3, -0.25) is 0 Å². The largest absolute Gasteiger partial charge is 0.314 e. The Bertz CT molecular complexity index is 711. The van der Waals surface area contributed by atoms with E-state index in [4.69, 9.17) is 11.6 Å². The lowest BCUT2D eigenvalue weighted by Crippen LogP contribution is -2.46. The van der Waals surface area contributed by atoms with E-state index in [0.717, 1.165) is 36.6 Å². The fraction of sp³-hybridized carbons (Fsp3) is 0.478. The first-order chi connectivity index (χ1) is 13.1. The van der Waals surface area contributed by atoms with Crippen LogP contribution in [0.4, 0.5) is 4.39 Å². The molecule has 0 aromatic heterocycles. The first kappa shape index (κ1) is 20.3. The molecule has 1 aliphatic rings. The van der Waals surface area contributed by atoms with Gasteiger partial charge in [-0.05, 0) is 81.2 Å². The zero-order chi connectivity index (χ0) is 19.2. The first-order valence-electron chi connectivity index (χ1n) is 10.0. The molecule has 2 aromatic rings. The summed E-state index contributed by atoms with van der Waals surface area (Å²) in [5.74, 6) is -0.00923. The molecule has 0 radical (unpaired) electrons. The third kappa shape index (κ3) is 5.54. The van der Waals surface area contributed by atoms with Crippen LogP contribution < -0.4 is 5.32 Å². The number of rotatable bonds is 7. The lowest BCUT2D eigenvalue weighted by Gasteiger charge is -2.37. The van der Waals surface area contributed by atoms with E-state index in [1.54, 1.807) is 12.1 Å². The minimum absolute atomic E-state index is 0.166. The van der Waals surface area contributed by atoms with Crippen LogP contribution in [0.15, 0.2) is 48.5 Å². The van der Waals surface area contributed by atoms with E-state index in [1.807, 2.05) is 18.2 Å². The fourth-order valence-corrected chi connectivity index (χ4v) is 4.33. The molecule has 27 heavy (non-hydrogen) atoms. The minimum Gasteiger partial charge on any atom is -0.314 e. The van der Waals surface area contributed by atoms with Crippen molar-refractivity contribution in [1.29, 1.82) is 0 Å². The van der Waals surface area contributed by atoms with Crippen molar-refractivity contribution in [2.75, 3.05) is 19.6 Å². The molecule has 2 atom stereocenters. The number of halogens is 2. The Kier molecular flexibility index (Phi) is 7.28. The van der Waals surface area contributed by atoms with Crippen molar-refractivity contribution < 1.29 is 4.39 Å². The molecule has 2 nitrogen and oxygen atoms in total. The van der Waals surface area contributed by atoms with Crippen LogP contribution in [-0.2, 0) is 0 Å². The summed E-state index contributed by atoms with van der Waals surface area (Å²) in [6.07, 6.45) is 3.37. The highest BCUT2D eigenvalue weighted by Crippen LogP contribution is 2.32. The van der Waals surface area contributed by atoms with Crippen LogP contribution in [0.3, 0.4) is 0 Å². The monoisotopic (exact) mass is 388 g/mol. The molecule has 0 spiro atoms. The fourth-order valence-electron chi connectivity index (χ4n) is 4.21. The second kappa shape index (κ2) is 9.68. The molecule has 3 rings (SSSR count). The van der Waals surface area contributed by atoms with E-state index < -0.39 is 0 Å². The first-order valence-corrected chi connectivity index (χ1v) is 10.4. The number of hydrogen-bond acceptors (Lipinski definition) is 2. The molecule has 0 saturated carbocycles. The third-order valence-corrected chi connectivity index (χ3v) is 6.00. The van der Waals surface area contributed by atoms with Crippen molar-refractivity contribution >= 4 is 11.6 Å². The maximum atomic E-state index is 13.9. The average molecular weight is 389 g/mol. The Balaban J connectivity index is 1.74. The SMILES string of the molecule is CCNC1CCN([C@H](C)CC(c2ccc(Cl)cc2)c2cccc(F)c2)CC1. The van der Waals surface area contributed by atoms with E-state index in [1.165, 1.54) is 24.5 Å². The van der Waals surface area contributed by atoms with Crippen LogP contribution in [0.1, 0.15) is 50.2 Å². The summed E-state index contributed by atoms with van der Waals surface area (Å²) in [6.45, 7) is 7.75. The summed E-state index contributed by atoms with van der Waals surface area (Å²) in [5, 5.41) is 4.30. The number of hydrogen-bond donors (Lipinski definition) is 1. The number of benzene rings is 2. The Labute approximate surface area is 167 Å². The maximum Gasteiger partial charge on any atom is 0.123 e. The van der Waals surface area contributed by atoms with Gasteiger partial charge in [0, 0.05) is 23.0 Å². The molecule has 1 fully saturated rings. The van der Waals surface area contributed by atoms with Gasteiger partial charge in [-0.25, -0.2) is 4.39 Å². The molecule has 0 aliphatic carbocycles. The molecule has 1 heterocycles. The van der Waals surface area contributed by atoms with E-state index in [-0.39, 0.29) is 11.7 Å². The van der Waals surface area contributed by atoms with Gasteiger partial charge in [-0.2, -0.15) is 0 Å². The van der Waals surface area contributed by atoms with E-state index in [0.29, 0.717) is 12.1 Å². The van der Waals surface area contributed by atoms with Crippen LogP contribution >= 0.6 is 11.6 Å². The van der Waals surface area contributed by atoms with Crippen molar-refractivity contribution in [3.63, 3.8) is 0 Å². The standard InChI is InChI=1S/C23H30ClFN2/c1-3-26-22-11-13-27(14-12-22)17(2)15-23(18-7-9-20(24)10-8-18)19-5-4-6-21(25)16-19/h4-10,16-17,22-23,26H,3,11-15H2,1-2H3/t17-,23?/m1/s1. The smallest absolute Gasteiger partial charge is 0.123 e. The molecule has 0 bridgehead atoms. The predicted molar refractivity (Wildman–Crippen MR) is 112 cm³/mol. The lowest BCUT2D eigenvalue weighted by molar-refractivity contribution is 0.144. The highest BCUT2D eigenvalue weighted by Gasteiger charge is 2.25. The van der Waals surface area contributed by atoms with Crippen molar-refractivity contribution in [3.8, 4) is 0 Å². The lowest BCUT2D eigenvalue weighted by atomic mass is 9.85. The normalized spacial score (nSPS) is 18.4. The van der Waals surface area contributed by atoms with Crippen LogP contribution in [0.2, 0.25) is 5.02 Å². The summed E-state index contributed by atoms with van der Waals surface area (Å²) in [7, 11) is 0. The molecule has 1 N–H and O–H groups in total. The van der Waals surface area contributed by atoms with Gasteiger partial charge in [0.05, 0.1) is 0 Å². The number of likely N-dealkylation sites (tertiary alicyclic amines) is 1. The molecule has 1 aliphatic heterocycles. The Hall–Kier alpha value is -1.42. The van der Waals surface area contributed by atoms with Crippen molar-refractivity contribution in [2.24, 2.45) is 0 Å². The van der Waals surface area contributed by atoms with Crippen LogP contribution in [-0.4, -0.2) is 36.6 Å². The van der Waals surface area contributed by atoms with Gasteiger partial charge in [0.15, 0.2) is 0 Å². The number of nitrogens with zero attached hydrogens (tertiary/aromatic N) is 1. The molecule has 1 unspecified atom stereocenters. The summed E-state index contributed by atoms with van der Waals surface area (Å²) in [5.41, 5.74) is 2.23. The summed E-state index contributed by atoms with van der Waals surface area (Å²) < 4.78 is 13.9. The zero-order valence-corrected chi connectivity index (χ0v) is 17.1. The van der Waals surface area contributed by atoms with Gasteiger partial charge in [-0.15, -0.1) is 0 Å². The average Bonchev–Trinajstić information content (AvgIpc) is 2.67. The van der Waals surface area contributed by atoms with E-state index in [9.17, 15) is 4.39 Å². The van der Waals surface area contributed by atoms with Gasteiger partial charge < -0.3 is 10.2 Å². The summed E-state index contributed by atoms with van der Waals surface area (Å²) in [4.78, 5) is 2.58. The van der Waals surface area contributed by atoms with Crippen molar-refractivity contribution in [1.82, 2.24) is 10.2 Å². The van der Waals surface area contributed by atoms with Crippen molar-refractivity contribution in [2.45, 2.75) is 51.1 Å². The molecule has 2 aromatic carbocycles. The minimum atomic E-state index is -0.175. The number of piperidine rings is 1. The third-order valence-electron chi connectivity index (χ3n) is 5.75. The Morgan fingerprint density at radius 3 is 2.44 bits per heavy atom. The Morgan fingerprint density at radius 2 is 1.81 bits per heavy atom. The molecular weight excluding hydrogens is 359 g/mol. The van der Waals surface area contributed by atoms with E-state index >= 15 is 0 Å². The quantitative estimate of drug-likeness (QED) is 0.677. The second-order valence-corrected chi connectivity index (χ2v) is 8.05. The second-order valence-electron chi connectivity index (χ2n) is 7.61. The molecule has 4 heteroatoms. The highest BCUT2D eigenvalue weighted by atomic mass is 35.5. The topological polar surface area (TPSA) is 15.3 Å². The van der Waals surface area contributed by atoms with Crippen LogP contribution in [0, 0.1) is 5.82 Å². The van der Waals surface area contributed by atoms with Gasteiger partial charge in [0.2, 0.25) is 0 Å². The van der Waals surface area contributed by atoms with Gasteiger partial charge in [0.25, 0.3) is 0 Å². The van der Waals surface area contributed by atoms with Crippen LogP contribution in [0.25, 0.3) is 0 Å². The molecule has 1 saturated heterocycles. The van der Waals surface area contributed by atoms with E-state index in [2.05, 4.69) is 36.2 Å². The maximum absolute atomic E-state index is 13.9. The molecular formula is C23H30ClFN2. The van der Waals surface area contributed by atoms with Crippen LogP contribution in [0.5, 0.6) is 0 Å².